The largest absolute Gasteiger partial charge is 0.466 e. The molecule has 21 heavy (non-hydrogen) atoms. The van der Waals surface area contributed by atoms with E-state index in [1.807, 2.05) is 4.90 Å². The highest BCUT2D eigenvalue weighted by atomic mass is 16.5. The molecule has 0 fully saturated rings. The van der Waals surface area contributed by atoms with Gasteiger partial charge in [-0.25, -0.2) is 9.59 Å². The van der Waals surface area contributed by atoms with Crippen molar-refractivity contribution in [1.29, 1.82) is 0 Å². The van der Waals surface area contributed by atoms with Crippen molar-refractivity contribution in [1.82, 2.24) is 4.90 Å². The zero-order valence-electron chi connectivity index (χ0n) is 14.1. The predicted octanol–water partition coefficient (Wildman–Crippen LogP) is 2.61. The second-order valence-corrected chi connectivity index (χ2v) is 5.90. The summed E-state index contributed by atoms with van der Waals surface area (Å²) in [4.78, 5) is 25.4. The van der Waals surface area contributed by atoms with Crippen LogP contribution >= 0.6 is 0 Å². The summed E-state index contributed by atoms with van der Waals surface area (Å²) in [5.41, 5.74) is 0.269. The summed E-state index contributed by atoms with van der Waals surface area (Å²) in [6.45, 7) is 9.93. The van der Waals surface area contributed by atoms with Gasteiger partial charge in [-0.1, -0.05) is 27.7 Å². The normalized spacial score (nSPS) is 11.7. The lowest BCUT2D eigenvalue weighted by molar-refractivity contribution is -0.140. The number of methoxy groups -OCH3 is 2. The number of ether oxygens (including phenoxy) is 2. The highest BCUT2D eigenvalue weighted by Crippen LogP contribution is 2.14. The van der Waals surface area contributed by atoms with Crippen LogP contribution in [0.2, 0.25) is 0 Å². The van der Waals surface area contributed by atoms with Crippen molar-refractivity contribution in [2.24, 2.45) is 11.8 Å². The maximum Gasteiger partial charge on any atom is 0.354 e. The van der Waals surface area contributed by atoms with Gasteiger partial charge in [-0.15, -0.1) is 0 Å². The Morgan fingerprint density at radius 2 is 1.43 bits per heavy atom. The Kier molecular flexibility index (Phi) is 9.50. The minimum absolute atomic E-state index is 0.269. The van der Waals surface area contributed by atoms with Crippen LogP contribution in [0.4, 0.5) is 0 Å². The van der Waals surface area contributed by atoms with Crippen LogP contribution in [0.25, 0.3) is 0 Å². The second kappa shape index (κ2) is 10.2. The molecule has 5 heteroatoms. The van der Waals surface area contributed by atoms with Crippen molar-refractivity contribution in [3.63, 3.8) is 0 Å². The van der Waals surface area contributed by atoms with Gasteiger partial charge in [0.15, 0.2) is 0 Å². The Bertz CT molecular complexity index is 349. The van der Waals surface area contributed by atoms with Gasteiger partial charge in [0.25, 0.3) is 0 Å². The first-order chi connectivity index (χ1) is 9.81. The van der Waals surface area contributed by atoms with E-state index in [1.54, 1.807) is 0 Å². The minimum atomic E-state index is -0.547. The van der Waals surface area contributed by atoms with Crippen molar-refractivity contribution >= 4 is 11.9 Å². The Morgan fingerprint density at radius 1 is 0.952 bits per heavy atom. The molecule has 0 N–H and O–H groups in total. The Labute approximate surface area is 128 Å². The molecule has 0 aliphatic rings. The SMILES string of the molecule is COC(=O)/C=C(\C(=O)OC)N(CCC(C)C)CCC(C)C. The summed E-state index contributed by atoms with van der Waals surface area (Å²) in [6.07, 6.45) is 3.09. The van der Waals surface area contributed by atoms with Crippen LogP contribution in [0.1, 0.15) is 40.5 Å². The van der Waals surface area contributed by atoms with Crippen molar-refractivity contribution < 1.29 is 19.1 Å². The first-order valence-corrected chi connectivity index (χ1v) is 7.44. The van der Waals surface area contributed by atoms with Crippen LogP contribution < -0.4 is 0 Å². The molecule has 0 atom stereocenters. The van der Waals surface area contributed by atoms with Crippen LogP contribution in [-0.2, 0) is 19.1 Å². The Hall–Kier alpha value is -1.52. The molecule has 0 rings (SSSR count). The highest BCUT2D eigenvalue weighted by Gasteiger charge is 2.20. The number of nitrogens with zero attached hydrogens (tertiary/aromatic N) is 1. The summed E-state index contributed by atoms with van der Waals surface area (Å²) in [6, 6.07) is 0. The van der Waals surface area contributed by atoms with Crippen LogP contribution in [0, 0.1) is 11.8 Å². The number of hydrogen-bond acceptors (Lipinski definition) is 5. The third-order valence-corrected chi connectivity index (χ3v) is 3.14. The zero-order valence-corrected chi connectivity index (χ0v) is 14.1. The summed E-state index contributed by atoms with van der Waals surface area (Å²) in [5, 5.41) is 0. The monoisotopic (exact) mass is 299 g/mol. The standard InChI is InChI=1S/C16H29NO4/c1-12(2)7-9-17(10-8-13(3)4)14(16(19)21-6)11-15(18)20-5/h11-13H,7-10H2,1-6H3/b14-11+. The number of esters is 2. The van der Waals surface area contributed by atoms with E-state index in [-0.39, 0.29) is 5.70 Å². The first-order valence-electron chi connectivity index (χ1n) is 7.44. The van der Waals surface area contributed by atoms with Gasteiger partial charge in [0, 0.05) is 13.1 Å². The van der Waals surface area contributed by atoms with Gasteiger partial charge in [-0.05, 0) is 24.7 Å². The molecule has 122 valence electrons. The van der Waals surface area contributed by atoms with Crippen molar-refractivity contribution in [2.75, 3.05) is 27.3 Å². The lowest BCUT2D eigenvalue weighted by atomic mass is 10.1. The van der Waals surface area contributed by atoms with Crippen LogP contribution in [-0.4, -0.2) is 44.1 Å². The molecule has 0 radical (unpaired) electrons. The molecule has 0 heterocycles. The van der Waals surface area contributed by atoms with Crippen molar-refractivity contribution in [3.8, 4) is 0 Å². The molecule has 0 saturated carbocycles. The maximum atomic E-state index is 12.0. The first kappa shape index (κ1) is 19.5. The van der Waals surface area contributed by atoms with Gasteiger partial charge in [-0.2, -0.15) is 0 Å². The van der Waals surface area contributed by atoms with E-state index >= 15 is 0 Å². The smallest absolute Gasteiger partial charge is 0.354 e. The van der Waals surface area contributed by atoms with E-state index in [9.17, 15) is 9.59 Å². The number of carbonyl (C=O) groups is 2. The average molecular weight is 299 g/mol. The van der Waals surface area contributed by atoms with E-state index in [2.05, 4.69) is 32.4 Å². The van der Waals surface area contributed by atoms with E-state index < -0.39 is 11.9 Å². The minimum Gasteiger partial charge on any atom is -0.466 e. The maximum absolute atomic E-state index is 12.0. The number of rotatable bonds is 9. The van der Waals surface area contributed by atoms with Gasteiger partial charge < -0.3 is 14.4 Å². The zero-order chi connectivity index (χ0) is 16.4. The molecular weight excluding hydrogens is 270 g/mol. The lowest BCUT2D eigenvalue weighted by Gasteiger charge is -2.27. The predicted molar refractivity (Wildman–Crippen MR) is 82.6 cm³/mol. The van der Waals surface area contributed by atoms with Gasteiger partial charge in [0.2, 0.25) is 0 Å². The van der Waals surface area contributed by atoms with E-state index in [0.29, 0.717) is 24.9 Å². The molecule has 0 bridgehead atoms. The summed E-state index contributed by atoms with van der Waals surface area (Å²) in [5.74, 6) is -0.0189. The molecule has 0 aliphatic heterocycles. The summed E-state index contributed by atoms with van der Waals surface area (Å²) >= 11 is 0. The fourth-order valence-electron chi connectivity index (χ4n) is 1.74. The van der Waals surface area contributed by atoms with Crippen LogP contribution in [0.15, 0.2) is 11.8 Å². The molecule has 0 aromatic carbocycles. The Balaban J connectivity index is 5.18. The topological polar surface area (TPSA) is 55.8 Å². The molecule has 0 amide bonds. The second-order valence-electron chi connectivity index (χ2n) is 5.90. The third-order valence-electron chi connectivity index (χ3n) is 3.14. The molecule has 0 aliphatic carbocycles. The van der Waals surface area contributed by atoms with E-state index in [1.165, 1.54) is 20.3 Å². The van der Waals surface area contributed by atoms with Crippen molar-refractivity contribution in [2.45, 2.75) is 40.5 Å². The number of carbonyl (C=O) groups excluding carboxylic acids is 2. The number of hydrogen-bond donors (Lipinski definition) is 0. The summed E-state index contributed by atoms with van der Waals surface area (Å²) < 4.78 is 9.42. The lowest BCUT2D eigenvalue weighted by Crippen LogP contribution is -2.32. The van der Waals surface area contributed by atoms with E-state index in [0.717, 1.165) is 12.8 Å². The molecule has 5 nitrogen and oxygen atoms in total. The van der Waals surface area contributed by atoms with Crippen LogP contribution in [0.5, 0.6) is 0 Å². The quantitative estimate of drug-likeness (QED) is 0.484. The van der Waals surface area contributed by atoms with Gasteiger partial charge in [-0.3, -0.25) is 0 Å². The third kappa shape index (κ3) is 8.38. The van der Waals surface area contributed by atoms with Gasteiger partial charge in [0.1, 0.15) is 5.70 Å². The highest BCUT2D eigenvalue weighted by molar-refractivity contribution is 5.95. The fraction of sp³-hybridized carbons (Fsp3) is 0.750. The molecule has 0 aromatic heterocycles. The van der Waals surface area contributed by atoms with Gasteiger partial charge >= 0.3 is 11.9 Å². The molecular formula is C16H29NO4. The molecule has 0 aromatic rings. The summed E-state index contributed by atoms with van der Waals surface area (Å²) in [7, 11) is 2.61. The van der Waals surface area contributed by atoms with Gasteiger partial charge in [0.05, 0.1) is 20.3 Å². The van der Waals surface area contributed by atoms with E-state index in [4.69, 9.17) is 4.74 Å². The molecule has 0 saturated heterocycles. The molecule has 0 spiro atoms. The van der Waals surface area contributed by atoms with Crippen molar-refractivity contribution in [3.05, 3.63) is 11.8 Å². The molecule has 0 unspecified atom stereocenters. The fourth-order valence-corrected chi connectivity index (χ4v) is 1.74. The van der Waals surface area contributed by atoms with Crippen LogP contribution in [0.3, 0.4) is 0 Å². The Morgan fingerprint density at radius 3 is 1.76 bits per heavy atom. The average Bonchev–Trinajstić information content (AvgIpc) is 2.43.